The van der Waals surface area contributed by atoms with Crippen LogP contribution in [0, 0.1) is 11.6 Å². The molecule has 2 aliphatic heterocycles. The van der Waals surface area contributed by atoms with Crippen LogP contribution in [0.15, 0.2) is 18.3 Å². The van der Waals surface area contributed by atoms with Crippen LogP contribution in [0.3, 0.4) is 0 Å². The number of rotatable bonds is 6. The monoisotopic (exact) mass is 477 g/mol. The van der Waals surface area contributed by atoms with Crippen molar-refractivity contribution in [2.45, 2.75) is 83.5 Å². The maximum absolute atomic E-state index is 15.2. The van der Waals surface area contributed by atoms with E-state index in [9.17, 15) is 14.6 Å². The summed E-state index contributed by atoms with van der Waals surface area (Å²) in [7, 11) is 0. The fourth-order valence-electron chi connectivity index (χ4n) is 4.71. The molecule has 0 amide bonds. The van der Waals surface area contributed by atoms with Gasteiger partial charge in [0.25, 0.3) is 0 Å². The summed E-state index contributed by atoms with van der Waals surface area (Å²) in [6.07, 6.45) is 0.648. The van der Waals surface area contributed by atoms with Crippen molar-refractivity contribution in [1.82, 2.24) is 9.97 Å². The minimum absolute atomic E-state index is 0.0526. The SMILES string of the molecule is CC[C@H]1OCCC(Nc2ncc(F)c(-c3cc(F)c4c(c3)N(C(C)C)C(C(C)(C)O)N4)n2)[C@H]1O. The smallest absolute Gasteiger partial charge is 0.223 e. The minimum Gasteiger partial charge on any atom is -0.388 e. The lowest BCUT2D eigenvalue weighted by Crippen LogP contribution is -2.53. The molecule has 1 saturated heterocycles. The van der Waals surface area contributed by atoms with Gasteiger partial charge in [-0.15, -0.1) is 0 Å². The van der Waals surface area contributed by atoms with Gasteiger partial charge in [0.2, 0.25) is 5.95 Å². The van der Waals surface area contributed by atoms with Gasteiger partial charge in [0.1, 0.15) is 23.8 Å². The summed E-state index contributed by atoms with van der Waals surface area (Å²) in [4.78, 5) is 10.2. The van der Waals surface area contributed by atoms with Crippen LogP contribution in [0.4, 0.5) is 26.1 Å². The van der Waals surface area contributed by atoms with E-state index in [0.29, 0.717) is 25.1 Å². The van der Waals surface area contributed by atoms with Crippen molar-refractivity contribution >= 4 is 17.3 Å². The number of benzene rings is 1. The second-order valence-electron chi connectivity index (χ2n) is 9.79. The first-order chi connectivity index (χ1) is 16.0. The standard InChI is InChI=1S/C24H33F2N5O3/c1-6-18-21(32)16(7-8-34-18)28-23-27-11-15(26)19(30-23)13-9-14(25)20-17(10-13)31(12(2)3)22(29-20)24(4,5)33/h9-12,16,18,21-22,29,32-33H,6-8H2,1-5H3,(H,27,28,30)/t16?,18-,21-,22?/m1/s1. The van der Waals surface area contributed by atoms with Gasteiger partial charge in [0.15, 0.2) is 5.82 Å². The summed E-state index contributed by atoms with van der Waals surface area (Å²) in [6, 6.07) is 2.49. The highest BCUT2D eigenvalue weighted by Gasteiger charge is 2.41. The molecule has 4 N–H and O–H groups in total. The Hall–Kier alpha value is -2.56. The number of fused-ring (bicyclic) bond motifs is 1. The Labute approximate surface area is 198 Å². The lowest BCUT2D eigenvalue weighted by Gasteiger charge is -2.37. The molecule has 1 aromatic heterocycles. The van der Waals surface area contributed by atoms with Crippen molar-refractivity contribution in [3.8, 4) is 11.3 Å². The van der Waals surface area contributed by atoms with Crippen molar-refractivity contribution in [1.29, 1.82) is 0 Å². The molecule has 0 spiro atoms. The Balaban J connectivity index is 1.69. The maximum Gasteiger partial charge on any atom is 0.223 e. The van der Waals surface area contributed by atoms with Crippen molar-refractivity contribution < 1.29 is 23.7 Å². The Morgan fingerprint density at radius 1 is 1.29 bits per heavy atom. The topological polar surface area (TPSA) is 103 Å². The lowest BCUT2D eigenvalue weighted by atomic mass is 9.98. The average Bonchev–Trinajstić information content (AvgIpc) is 3.17. The van der Waals surface area contributed by atoms with Gasteiger partial charge >= 0.3 is 0 Å². The van der Waals surface area contributed by atoms with Crippen LogP contribution >= 0.6 is 0 Å². The van der Waals surface area contributed by atoms with Crippen molar-refractivity contribution in [3.63, 3.8) is 0 Å². The molecule has 4 rings (SSSR count). The van der Waals surface area contributed by atoms with E-state index in [2.05, 4.69) is 20.6 Å². The highest BCUT2D eigenvalue weighted by molar-refractivity contribution is 5.82. The molecule has 0 radical (unpaired) electrons. The molecular formula is C24H33F2N5O3. The Bertz CT molecular complexity index is 1050. The van der Waals surface area contributed by atoms with E-state index in [1.54, 1.807) is 19.9 Å². The highest BCUT2D eigenvalue weighted by Crippen LogP contribution is 2.43. The maximum atomic E-state index is 15.2. The third kappa shape index (κ3) is 4.54. The van der Waals surface area contributed by atoms with Gasteiger partial charge in [-0.1, -0.05) is 6.92 Å². The van der Waals surface area contributed by atoms with Crippen LogP contribution < -0.4 is 15.5 Å². The van der Waals surface area contributed by atoms with Gasteiger partial charge in [0.05, 0.1) is 35.3 Å². The van der Waals surface area contributed by atoms with Crippen molar-refractivity contribution in [2.24, 2.45) is 0 Å². The third-order valence-corrected chi connectivity index (χ3v) is 6.42. The zero-order valence-electron chi connectivity index (χ0n) is 20.1. The second kappa shape index (κ2) is 9.24. The summed E-state index contributed by atoms with van der Waals surface area (Å²) in [5, 5.41) is 27.3. The van der Waals surface area contributed by atoms with Crippen LogP contribution in [0.2, 0.25) is 0 Å². The molecule has 0 aliphatic carbocycles. The van der Waals surface area contributed by atoms with Gasteiger partial charge in [0, 0.05) is 18.2 Å². The van der Waals surface area contributed by atoms with E-state index >= 15 is 4.39 Å². The van der Waals surface area contributed by atoms with E-state index in [4.69, 9.17) is 4.74 Å². The van der Waals surface area contributed by atoms with Crippen LogP contribution in [0.25, 0.3) is 11.3 Å². The zero-order valence-corrected chi connectivity index (χ0v) is 20.1. The predicted molar refractivity (Wildman–Crippen MR) is 127 cm³/mol. The van der Waals surface area contributed by atoms with E-state index < -0.39 is 29.5 Å². The van der Waals surface area contributed by atoms with Crippen LogP contribution in [0.5, 0.6) is 0 Å². The summed E-state index contributed by atoms with van der Waals surface area (Å²) in [5.74, 6) is -1.11. The first kappa shape index (κ1) is 24.6. The number of aromatic nitrogens is 2. The summed E-state index contributed by atoms with van der Waals surface area (Å²) >= 11 is 0. The van der Waals surface area contributed by atoms with Gasteiger partial charge in [-0.3, -0.25) is 0 Å². The Morgan fingerprint density at radius 3 is 2.68 bits per heavy atom. The number of hydrogen-bond acceptors (Lipinski definition) is 8. The fraction of sp³-hybridized carbons (Fsp3) is 0.583. The predicted octanol–water partition coefficient (Wildman–Crippen LogP) is 3.50. The molecule has 34 heavy (non-hydrogen) atoms. The van der Waals surface area contributed by atoms with Crippen LogP contribution in [-0.4, -0.2) is 62.8 Å². The van der Waals surface area contributed by atoms with Crippen LogP contribution in [-0.2, 0) is 4.74 Å². The largest absolute Gasteiger partial charge is 0.388 e. The van der Waals surface area contributed by atoms with Crippen molar-refractivity contribution in [2.75, 3.05) is 22.1 Å². The molecule has 1 fully saturated rings. The Morgan fingerprint density at radius 2 is 2.03 bits per heavy atom. The third-order valence-electron chi connectivity index (χ3n) is 6.42. The quantitative estimate of drug-likeness (QED) is 0.502. The number of halogens is 2. The van der Waals surface area contributed by atoms with Crippen molar-refractivity contribution in [3.05, 3.63) is 30.0 Å². The summed E-state index contributed by atoms with van der Waals surface area (Å²) in [6.45, 7) is 9.61. The van der Waals surface area contributed by atoms with Gasteiger partial charge in [-0.25, -0.2) is 18.7 Å². The number of aliphatic hydroxyl groups is 2. The zero-order chi connectivity index (χ0) is 24.8. The van der Waals surface area contributed by atoms with E-state index in [-0.39, 0.29) is 41.1 Å². The van der Waals surface area contributed by atoms with E-state index in [1.165, 1.54) is 6.07 Å². The van der Waals surface area contributed by atoms with E-state index in [0.717, 1.165) is 6.20 Å². The average molecular weight is 478 g/mol. The number of ether oxygens (including phenoxy) is 1. The summed E-state index contributed by atoms with van der Waals surface area (Å²) in [5.41, 5.74) is -0.178. The molecule has 0 saturated carbocycles. The molecule has 2 aliphatic rings. The van der Waals surface area contributed by atoms with Gasteiger partial charge in [-0.05, 0) is 52.7 Å². The molecule has 186 valence electrons. The van der Waals surface area contributed by atoms with Gasteiger partial charge < -0.3 is 30.5 Å². The molecule has 4 atom stereocenters. The number of nitrogens with zero attached hydrogens (tertiary/aromatic N) is 3. The molecule has 2 unspecified atom stereocenters. The molecule has 8 nitrogen and oxygen atoms in total. The minimum atomic E-state index is -1.16. The first-order valence-corrected chi connectivity index (χ1v) is 11.7. The van der Waals surface area contributed by atoms with E-state index in [1.807, 2.05) is 25.7 Å². The lowest BCUT2D eigenvalue weighted by molar-refractivity contribution is -0.0808. The summed E-state index contributed by atoms with van der Waals surface area (Å²) < 4.78 is 35.6. The fourth-order valence-corrected chi connectivity index (χ4v) is 4.71. The highest BCUT2D eigenvalue weighted by atomic mass is 19.1. The normalized spacial score (nSPS) is 24.8. The molecular weight excluding hydrogens is 444 g/mol. The molecule has 0 bridgehead atoms. The number of hydrogen-bond donors (Lipinski definition) is 4. The van der Waals surface area contributed by atoms with Gasteiger partial charge in [-0.2, -0.15) is 0 Å². The second-order valence-corrected chi connectivity index (χ2v) is 9.79. The number of anilines is 3. The molecule has 3 heterocycles. The van der Waals surface area contributed by atoms with Crippen LogP contribution in [0.1, 0.15) is 47.5 Å². The molecule has 1 aromatic carbocycles. The molecule has 2 aromatic rings. The number of aliphatic hydroxyl groups excluding tert-OH is 1. The first-order valence-electron chi connectivity index (χ1n) is 11.7. The number of nitrogens with one attached hydrogen (secondary N) is 2. The Kier molecular flexibility index (Phi) is 6.67. The molecule has 10 heteroatoms.